The highest BCUT2D eigenvalue weighted by molar-refractivity contribution is 6.37. The van der Waals surface area contributed by atoms with E-state index in [0.717, 1.165) is 36.3 Å². The number of aryl methyl sites for hydroxylation is 1. The third-order valence-corrected chi connectivity index (χ3v) is 5.82. The molecule has 0 atom stereocenters. The van der Waals surface area contributed by atoms with Gasteiger partial charge in [-0.3, -0.25) is 19.5 Å². The Morgan fingerprint density at radius 2 is 1.61 bits per heavy atom. The second kappa shape index (κ2) is 10.6. The number of hydrogen-bond acceptors (Lipinski definition) is 3. The summed E-state index contributed by atoms with van der Waals surface area (Å²) in [6.45, 7) is 2.05. The predicted octanol–water partition coefficient (Wildman–Crippen LogP) is 5.82. The normalized spacial score (nSPS) is 13.7. The molecule has 0 unspecified atom stereocenters. The van der Waals surface area contributed by atoms with Crippen LogP contribution >= 0.6 is 0 Å². The molecule has 0 radical (unpaired) electrons. The van der Waals surface area contributed by atoms with Crippen LogP contribution in [0.15, 0.2) is 78.5 Å². The highest BCUT2D eigenvalue weighted by atomic mass is 19.4. The van der Waals surface area contributed by atoms with E-state index in [-0.39, 0.29) is 23.3 Å². The lowest BCUT2D eigenvalue weighted by Crippen LogP contribution is -2.31. The van der Waals surface area contributed by atoms with Gasteiger partial charge < -0.3 is 0 Å². The van der Waals surface area contributed by atoms with Gasteiger partial charge in [0.05, 0.1) is 23.4 Å². The fourth-order valence-electron chi connectivity index (χ4n) is 3.85. The summed E-state index contributed by atoms with van der Waals surface area (Å²) in [6, 6.07) is 16.9. The molecular formula is C29H23F3N2O2. The monoisotopic (exact) mass is 488 g/mol. The Labute approximate surface area is 207 Å². The first-order valence-corrected chi connectivity index (χ1v) is 11.6. The minimum absolute atomic E-state index is 0.0169. The average Bonchev–Trinajstić information content (AvgIpc) is 3.11. The number of carbonyl (C=O) groups is 2. The standard InChI is InChI=1S/C29H23F3N2O2/c1-2-3-6-20-8-10-21(11-9-20)12-17-25-26(22-13-15-23(16-14-22)29(30,31)32)28(36)34(27(25)35)19-24-7-4-5-18-33-24/h4-5,7-11,13-16,18H,2-3,6,19H2,1H3. The van der Waals surface area contributed by atoms with E-state index in [1.54, 1.807) is 24.4 Å². The zero-order chi connectivity index (χ0) is 25.7. The number of rotatable bonds is 6. The largest absolute Gasteiger partial charge is 0.416 e. The number of halogens is 3. The fraction of sp³-hybridized carbons (Fsp3) is 0.207. The lowest BCUT2D eigenvalue weighted by Gasteiger charge is -2.14. The van der Waals surface area contributed by atoms with Gasteiger partial charge in [0.1, 0.15) is 5.57 Å². The molecule has 2 aromatic carbocycles. The van der Waals surface area contributed by atoms with Gasteiger partial charge in [-0.15, -0.1) is 0 Å². The molecule has 0 aliphatic carbocycles. The molecule has 3 aromatic rings. The number of benzene rings is 2. The maximum absolute atomic E-state index is 13.3. The van der Waals surface area contributed by atoms with Gasteiger partial charge in [-0.25, -0.2) is 0 Å². The molecular weight excluding hydrogens is 465 g/mol. The third-order valence-electron chi connectivity index (χ3n) is 5.82. The number of unbranched alkanes of at least 4 members (excludes halogenated alkanes) is 1. The van der Waals surface area contributed by atoms with Crippen molar-refractivity contribution in [2.75, 3.05) is 0 Å². The molecule has 36 heavy (non-hydrogen) atoms. The molecule has 1 aliphatic rings. The topological polar surface area (TPSA) is 50.3 Å². The maximum Gasteiger partial charge on any atom is 0.416 e. The Morgan fingerprint density at radius 3 is 2.22 bits per heavy atom. The van der Waals surface area contributed by atoms with Crippen molar-refractivity contribution in [2.24, 2.45) is 0 Å². The highest BCUT2D eigenvalue weighted by Crippen LogP contribution is 2.33. The minimum Gasteiger partial charge on any atom is -0.269 e. The summed E-state index contributed by atoms with van der Waals surface area (Å²) in [7, 11) is 0. The second-order valence-electron chi connectivity index (χ2n) is 8.39. The van der Waals surface area contributed by atoms with Gasteiger partial charge in [-0.1, -0.05) is 55.5 Å². The molecule has 4 nitrogen and oxygen atoms in total. The quantitative estimate of drug-likeness (QED) is 0.325. The molecule has 182 valence electrons. The Kier molecular flexibility index (Phi) is 7.35. The van der Waals surface area contributed by atoms with Crippen molar-refractivity contribution in [3.63, 3.8) is 0 Å². The van der Waals surface area contributed by atoms with Crippen LogP contribution in [-0.2, 0) is 28.7 Å². The van der Waals surface area contributed by atoms with E-state index >= 15 is 0 Å². The molecule has 0 saturated carbocycles. The van der Waals surface area contributed by atoms with Crippen molar-refractivity contribution in [3.05, 3.63) is 106 Å². The Hall–Kier alpha value is -4.18. The van der Waals surface area contributed by atoms with Crippen LogP contribution in [0.4, 0.5) is 13.2 Å². The Balaban J connectivity index is 1.71. The summed E-state index contributed by atoms with van der Waals surface area (Å²) in [5.74, 6) is 4.54. The molecule has 0 saturated heterocycles. The van der Waals surface area contributed by atoms with Crippen LogP contribution in [0, 0.1) is 11.8 Å². The van der Waals surface area contributed by atoms with E-state index in [2.05, 4.69) is 23.7 Å². The predicted molar refractivity (Wildman–Crippen MR) is 130 cm³/mol. The minimum atomic E-state index is -4.51. The van der Waals surface area contributed by atoms with E-state index < -0.39 is 23.6 Å². The molecule has 7 heteroatoms. The van der Waals surface area contributed by atoms with E-state index in [4.69, 9.17) is 0 Å². The first-order chi connectivity index (χ1) is 17.3. The fourth-order valence-corrected chi connectivity index (χ4v) is 3.85. The van der Waals surface area contributed by atoms with Gasteiger partial charge in [0.15, 0.2) is 0 Å². The number of carbonyl (C=O) groups excluding carboxylic acids is 2. The lowest BCUT2D eigenvalue weighted by molar-refractivity contribution is -0.138. The van der Waals surface area contributed by atoms with Crippen molar-refractivity contribution >= 4 is 17.4 Å². The van der Waals surface area contributed by atoms with Crippen LogP contribution in [0.5, 0.6) is 0 Å². The molecule has 1 aromatic heterocycles. The van der Waals surface area contributed by atoms with Crippen molar-refractivity contribution in [2.45, 2.75) is 38.9 Å². The summed E-state index contributed by atoms with van der Waals surface area (Å²) in [5, 5.41) is 0. The summed E-state index contributed by atoms with van der Waals surface area (Å²) < 4.78 is 39.2. The molecule has 0 N–H and O–H groups in total. The summed E-state index contributed by atoms with van der Waals surface area (Å²) in [6.07, 6.45) is 0.169. The van der Waals surface area contributed by atoms with E-state index in [1.165, 1.54) is 17.7 Å². The van der Waals surface area contributed by atoms with Gasteiger partial charge in [-0.2, -0.15) is 13.2 Å². The molecule has 2 heterocycles. The van der Waals surface area contributed by atoms with Crippen LogP contribution in [-0.4, -0.2) is 21.7 Å². The lowest BCUT2D eigenvalue weighted by atomic mass is 10.00. The molecule has 0 bridgehead atoms. The van der Waals surface area contributed by atoms with Crippen LogP contribution in [0.25, 0.3) is 5.57 Å². The third kappa shape index (κ3) is 5.55. The van der Waals surface area contributed by atoms with E-state index in [0.29, 0.717) is 11.3 Å². The number of amides is 2. The average molecular weight is 489 g/mol. The van der Waals surface area contributed by atoms with Crippen molar-refractivity contribution in [3.8, 4) is 11.8 Å². The van der Waals surface area contributed by atoms with Crippen molar-refractivity contribution in [1.29, 1.82) is 0 Å². The van der Waals surface area contributed by atoms with Gasteiger partial charge in [0.2, 0.25) is 0 Å². The number of nitrogens with zero attached hydrogens (tertiary/aromatic N) is 2. The van der Waals surface area contributed by atoms with Gasteiger partial charge in [0, 0.05) is 11.8 Å². The van der Waals surface area contributed by atoms with E-state index in [1.807, 2.05) is 24.3 Å². The molecule has 1 aliphatic heterocycles. The van der Waals surface area contributed by atoms with Crippen LogP contribution < -0.4 is 0 Å². The van der Waals surface area contributed by atoms with Gasteiger partial charge >= 0.3 is 6.18 Å². The van der Waals surface area contributed by atoms with Gasteiger partial charge in [0.25, 0.3) is 11.8 Å². The maximum atomic E-state index is 13.3. The summed E-state index contributed by atoms with van der Waals surface area (Å²) in [5.41, 5.74) is 1.64. The van der Waals surface area contributed by atoms with E-state index in [9.17, 15) is 22.8 Å². The number of pyridine rings is 1. The Bertz CT molecular complexity index is 1350. The second-order valence-corrected chi connectivity index (χ2v) is 8.39. The highest BCUT2D eigenvalue weighted by Gasteiger charge is 2.39. The number of alkyl halides is 3. The first kappa shape index (κ1) is 24.9. The summed E-state index contributed by atoms with van der Waals surface area (Å²) in [4.78, 5) is 31.8. The summed E-state index contributed by atoms with van der Waals surface area (Å²) >= 11 is 0. The molecule has 0 fully saturated rings. The molecule has 2 amide bonds. The zero-order valence-electron chi connectivity index (χ0n) is 19.6. The number of imide groups is 1. The van der Waals surface area contributed by atoms with Crippen molar-refractivity contribution in [1.82, 2.24) is 9.88 Å². The first-order valence-electron chi connectivity index (χ1n) is 11.6. The van der Waals surface area contributed by atoms with Crippen LogP contribution in [0.3, 0.4) is 0 Å². The molecule has 0 spiro atoms. The van der Waals surface area contributed by atoms with Gasteiger partial charge in [-0.05, 0) is 60.4 Å². The van der Waals surface area contributed by atoms with Crippen LogP contribution in [0.2, 0.25) is 0 Å². The number of hydrogen-bond donors (Lipinski definition) is 0. The molecule has 4 rings (SSSR count). The van der Waals surface area contributed by atoms with Crippen LogP contribution in [0.1, 0.15) is 47.7 Å². The smallest absolute Gasteiger partial charge is 0.269 e. The van der Waals surface area contributed by atoms with Crippen molar-refractivity contribution < 1.29 is 22.8 Å². The Morgan fingerprint density at radius 1 is 0.889 bits per heavy atom. The number of aromatic nitrogens is 1. The zero-order valence-corrected chi connectivity index (χ0v) is 19.6. The SMILES string of the molecule is CCCCc1ccc(C#CC2=C(c3ccc(C(F)(F)F)cc3)C(=O)N(Cc3ccccn3)C2=O)cc1.